The van der Waals surface area contributed by atoms with Crippen molar-refractivity contribution in [3.05, 3.63) is 41.6 Å². The molecule has 0 aliphatic rings. The van der Waals surface area contributed by atoms with Crippen LogP contribution in [0.15, 0.2) is 45.2 Å². The monoisotopic (exact) mass is 287 g/mol. The number of hydrogen-bond acceptors (Lipinski definition) is 6. The highest BCUT2D eigenvalue weighted by molar-refractivity contribution is 6.47. The Hall–Kier alpha value is -2.63. The summed E-state index contributed by atoms with van der Waals surface area (Å²) in [7, 11) is 2.98. The first-order valence-corrected chi connectivity index (χ1v) is 6.39. The number of rotatable bonds is 5. The number of aryl methyl sites for hydroxylation is 1. The zero-order valence-electron chi connectivity index (χ0n) is 12.5. The first kappa shape index (κ1) is 14.8. The van der Waals surface area contributed by atoms with E-state index in [1.54, 1.807) is 6.92 Å². The molecule has 2 aromatic rings. The maximum atomic E-state index is 5.24. The van der Waals surface area contributed by atoms with Crippen LogP contribution in [0.2, 0.25) is 0 Å². The van der Waals surface area contributed by atoms with Crippen LogP contribution in [0.5, 0.6) is 0 Å². The van der Waals surface area contributed by atoms with Crippen LogP contribution in [-0.2, 0) is 9.68 Å². The summed E-state index contributed by atoms with van der Waals surface area (Å²) in [5, 5.41) is 11.7. The summed E-state index contributed by atoms with van der Waals surface area (Å²) in [5.41, 5.74) is 3.90. The zero-order chi connectivity index (χ0) is 15.2. The Bertz CT molecular complexity index is 657. The molecule has 0 atom stereocenters. The zero-order valence-corrected chi connectivity index (χ0v) is 12.5. The van der Waals surface area contributed by atoms with Crippen molar-refractivity contribution in [3.63, 3.8) is 0 Å². The lowest BCUT2D eigenvalue weighted by molar-refractivity contribution is 0.210. The van der Waals surface area contributed by atoms with Gasteiger partial charge in [-0.25, -0.2) is 0 Å². The second-order valence-electron chi connectivity index (χ2n) is 4.39. The van der Waals surface area contributed by atoms with Gasteiger partial charge in [0.1, 0.15) is 25.6 Å². The lowest BCUT2D eigenvalue weighted by Crippen LogP contribution is -2.13. The Labute approximate surface area is 123 Å². The van der Waals surface area contributed by atoms with Gasteiger partial charge in [0.15, 0.2) is 5.76 Å². The molecule has 1 aromatic heterocycles. The topological polar surface area (TPSA) is 69.2 Å². The molecule has 1 heterocycles. The fraction of sp³-hybridized carbons (Fsp3) is 0.267. The third-order valence-corrected chi connectivity index (χ3v) is 2.82. The average molecular weight is 287 g/mol. The van der Waals surface area contributed by atoms with Gasteiger partial charge in [0, 0.05) is 17.2 Å². The third-order valence-electron chi connectivity index (χ3n) is 2.82. The fourth-order valence-corrected chi connectivity index (χ4v) is 1.89. The second kappa shape index (κ2) is 6.69. The lowest BCUT2D eigenvalue weighted by atomic mass is 10.0. The number of nitrogens with zero attached hydrogens (tertiary/aromatic N) is 3. The van der Waals surface area contributed by atoms with Crippen molar-refractivity contribution in [2.75, 3.05) is 14.2 Å². The predicted molar refractivity (Wildman–Crippen MR) is 80.3 cm³/mol. The first-order chi connectivity index (χ1) is 10.2. The SMILES string of the molecule is CON=C(C)C(=NOC)c1ccc(-c2cc(C)no2)cc1. The maximum Gasteiger partial charge on any atom is 0.167 e. The van der Waals surface area contributed by atoms with Gasteiger partial charge in [-0.2, -0.15) is 0 Å². The molecule has 6 heteroatoms. The van der Waals surface area contributed by atoms with Gasteiger partial charge < -0.3 is 14.2 Å². The predicted octanol–water partition coefficient (Wildman–Crippen LogP) is 3.02. The Balaban J connectivity index is 2.32. The largest absolute Gasteiger partial charge is 0.399 e. The Morgan fingerprint density at radius 2 is 1.76 bits per heavy atom. The normalized spacial score (nSPS) is 12.4. The standard InChI is InChI=1S/C15H17N3O3/c1-10-9-14(21-16-10)12-5-7-13(8-6-12)15(18-20-4)11(2)17-19-3/h5-9H,1-4H3. The molecule has 0 N–H and O–H groups in total. The van der Waals surface area contributed by atoms with Crippen molar-refractivity contribution >= 4 is 11.4 Å². The highest BCUT2D eigenvalue weighted by Gasteiger charge is 2.11. The van der Waals surface area contributed by atoms with Crippen LogP contribution in [0, 0.1) is 6.92 Å². The molecule has 1 aromatic carbocycles. The van der Waals surface area contributed by atoms with E-state index in [0.29, 0.717) is 11.4 Å². The molecule has 6 nitrogen and oxygen atoms in total. The van der Waals surface area contributed by atoms with Gasteiger partial charge in [-0.3, -0.25) is 0 Å². The minimum absolute atomic E-state index is 0.611. The molecule has 0 radical (unpaired) electrons. The summed E-state index contributed by atoms with van der Waals surface area (Å²) < 4.78 is 5.24. The lowest BCUT2D eigenvalue weighted by Gasteiger charge is -2.05. The van der Waals surface area contributed by atoms with Crippen LogP contribution in [-0.4, -0.2) is 30.8 Å². The summed E-state index contributed by atoms with van der Waals surface area (Å²) in [5.74, 6) is 0.728. The smallest absolute Gasteiger partial charge is 0.167 e. The molecule has 0 saturated carbocycles. The van der Waals surface area contributed by atoms with Crippen LogP contribution in [0.4, 0.5) is 0 Å². The summed E-state index contributed by atoms with van der Waals surface area (Å²) >= 11 is 0. The van der Waals surface area contributed by atoms with E-state index >= 15 is 0 Å². The minimum atomic E-state index is 0.611. The van der Waals surface area contributed by atoms with Crippen LogP contribution < -0.4 is 0 Å². The quantitative estimate of drug-likeness (QED) is 0.626. The average Bonchev–Trinajstić information content (AvgIpc) is 2.92. The van der Waals surface area contributed by atoms with Gasteiger partial charge in [-0.1, -0.05) is 39.7 Å². The molecule has 2 rings (SSSR count). The van der Waals surface area contributed by atoms with E-state index in [4.69, 9.17) is 14.2 Å². The summed E-state index contributed by atoms with van der Waals surface area (Å²) in [6.07, 6.45) is 0. The molecule has 0 saturated heterocycles. The van der Waals surface area contributed by atoms with Crippen molar-refractivity contribution in [2.45, 2.75) is 13.8 Å². The summed E-state index contributed by atoms with van der Waals surface area (Å²) in [4.78, 5) is 9.64. The van der Waals surface area contributed by atoms with Gasteiger partial charge in [0.2, 0.25) is 0 Å². The van der Waals surface area contributed by atoms with Gasteiger partial charge in [-0.05, 0) is 13.8 Å². The third kappa shape index (κ3) is 3.47. The van der Waals surface area contributed by atoms with Gasteiger partial charge in [0.25, 0.3) is 0 Å². The summed E-state index contributed by atoms with van der Waals surface area (Å²) in [6.45, 7) is 3.68. The van der Waals surface area contributed by atoms with Crippen LogP contribution >= 0.6 is 0 Å². The Morgan fingerprint density at radius 1 is 1.10 bits per heavy atom. The molecular weight excluding hydrogens is 270 g/mol. The van der Waals surface area contributed by atoms with Crippen LogP contribution in [0.1, 0.15) is 18.2 Å². The molecule has 0 aliphatic heterocycles. The first-order valence-electron chi connectivity index (χ1n) is 6.39. The van der Waals surface area contributed by atoms with Gasteiger partial charge >= 0.3 is 0 Å². The maximum absolute atomic E-state index is 5.24. The molecule has 0 spiro atoms. The van der Waals surface area contributed by atoms with Crippen molar-refractivity contribution in [1.29, 1.82) is 0 Å². The van der Waals surface area contributed by atoms with E-state index < -0.39 is 0 Å². The second-order valence-corrected chi connectivity index (χ2v) is 4.39. The van der Waals surface area contributed by atoms with Gasteiger partial charge in [0.05, 0.1) is 5.69 Å². The highest BCUT2D eigenvalue weighted by atomic mass is 16.6. The van der Waals surface area contributed by atoms with Gasteiger partial charge in [-0.15, -0.1) is 0 Å². The van der Waals surface area contributed by atoms with Crippen molar-refractivity contribution in [1.82, 2.24) is 5.16 Å². The molecule has 0 unspecified atom stereocenters. The summed E-state index contributed by atoms with van der Waals surface area (Å²) in [6, 6.07) is 9.58. The van der Waals surface area contributed by atoms with E-state index in [-0.39, 0.29) is 0 Å². The van der Waals surface area contributed by atoms with Crippen LogP contribution in [0.3, 0.4) is 0 Å². The van der Waals surface area contributed by atoms with Crippen molar-refractivity contribution in [2.24, 2.45) is 10.3 Å². The Kier molecular flexibility index (Phi) is 4.71. The molecule has 0 fully saturated rings. The number of benzene rings is 1. The molecule has 110 valence electrons. The fourth-order valence-electron chi connectivity index (χ4n) is 1.89. The number of hydrogen-bond donors (Lipinski definition) is 0. The molecule has 21 heavy (non-hydrogen) atoms. The van der Waals surface area contributed by atoms with Crippen molar-refractivity contribution in [3.8, 4) is 11.3 Å². The van der Waals surface area contributed by atoms with E-state index in [1.807, 2.05) is 37.3 Å². The molecule has 0 amide bonds. The number of aromatic nitrogens is 1. The van der Waals surface area contributed by atoms with E-state index in [9.17, 15) is 0 Å². The van der Waals surface area contributed by atoms with E-state index in [0.717, 1.165) is 22.6 Å². The van der Waals surface area contributed by atoms with Crippen LogP contribution in [0.25, 0.3) is 11.3 Å². The Morgan fingerprint density at radius 3 is 2.29 bits per heavy atom. The van der Waals surface area contributed by atoms with E-state index in [2.05, 4.69) is 15.5 Å². The minimum Gasteiger partial charge on any atom is -0.399 e. The molecule has 0 aliphatic carbocycles. The van der Waals surface area contributed by atoms with E-state index in [1.165, 1.54) is 14.2 Å². The highest BCUT2D eigenvalue weighted by Crippen LogP contribution is 2.21. The molecular formula is C15H17N3O3. The number of oxime groups is 2. The molecule has 0 bridgehead atoms. The van der Waals surface area contributed by atoms with Crippen molar-refractivity contribution < 1.29 is 14.2 Å².